The third-order valence-corrected chi connectivity index (χ3v) is 4.62. The van der Waals surface area contributed by atoms with Crippen molar-refractivity contribution in [3.63, 3.8) is 0 Å². The maximum atomic E-state index is 12.1. The highest BCUT2D eigenvalue weighted by molar-refractivity contribution is 5.93. The lowest BCUT2D eigenvalue weighted by molar-refractivity contribution is -0.117. The standard InChI is InChI=1S/C21H42N2O/c1-6-8-9-10-11-12-13-14-15-16-17-20(23(4)5)19(3)21(24)22-18-7-2/h6-18H2,1-5H3,(H,22,24)/b20-19-. The highest BCUT2D eigenvalue weighted by Gasteiger charge is 2.11. The molecule has 142 valence electrons. The minimum atomic E-state index is 0.0904. The van der Waals surface area contributed by atoms with Crippen molar-refractivity contribution in [3.8, 4) is 0 Å². The van der Waals surface area contributed by atoms with E-state index in [-0.39, 0.29) is 5.91 Å². The Morgan fingerprint density at radius 1 is 0.792 bits per heavy atom. The lowest BCUT2D eigenvalue weighted by atomic mass is 10.0. The fraction of sp³-hybridized carbons (Fsp3) is 0.857. The van der Waals surface area contributed by atoms with Crippen molar-refractivity contribution in [3.05, 3.63) is 11.3 Å². The van der Waals surface area contributed by atoms with Crippen LogP contribution in [0.4, 0.5) is 0 Å². The van der Waals surface area contributed by atoms with Gasteiger partial charge in [-0.2, -0.15) is 0 Å². The van der Waals surface area contributed by atoms with Crippen LogP contribution in [0.15, 0.2) is 11.3 Å². The SMILES string of the molecule is CCCCCCCCCCCC/C(=C(\C)C(=O)NCCC)N(C)C. The van der Waals surface area contributed by atoms with Crippen LogP contribution in [0.2, 0.25) is 0 Å². The third-order valence-electron chi connectivity index (χ3n) is 4.62. The Bertz CT molecular complexity index is 348. The minimum absolute atomic E-state index is 0.0904. The van der Waals surface area contributed by atoms with E-state index in [1.54, 1.807) is 0 Å². The smallest absolute Gasteiger partial charge is 0.248 e. The molecule has 0 atom stereocenters. The van der Waals surface area contributed by atoms with Gasteiger partial charge in [-0.3, -0.25) is 4.79 Å². The molecule has 0 aliphatic rings. The highest BCUT2D eigenvalue weighted by Crippen LogP contribution is 2.17. The maximum Gasteiger partial charge on any atom is 0.248 e. The summed E-state index contributed by atoms with van der Waals surface area (Å²) >= 11 is 0. The topological polar surface area (TPSA) is 32.3 Å². The van der Waals surface area contributed by atoms with E-state index >= 15 is 0 Å². The van der Waals surface area contributed by atoms with E-state index in [1.807, 2.05) is 21.0 Å². The molecule has 0 unspecified atom stereocenters. The number of allylic oxidation sites excluding steroid dienone is 1. The van der Waals surface area contributed by atoms with Crippen LogP contribution in [0.5, 0.6) is 0 Å². The van der Waals surface area contributed by atoms with Crippen molar-refractivity contribution in [1.82, 2.24) is 10.2 Å². The molecule has 1 N–H and O–H groups in total. The van der Waals surface area contributed by atoms with Gasteiger partial charge in [0.15, 0.2) is 0 Å². The zero-order valence-corrected chi connectivity index (χ0v) is 17.0. The molecule has 3 nitrogen and oxygen atoms in total. The van der Waals surface area contributed by atoms with E-state index in [1.165, 1.54) is 69.9 Å². The Balaban J connectivity index is 3.96. The summed E-state index contributed by atoms with van der Waals surface area (Å²) in [5.41, 5.74) is 2.06. The fourth-order valence-electron chi connectivity index (χ4n) is 3.03. The molecule has 0 radical (unpaired) electrons. The predicted octanol–water partition coefficient (Wildman–Crippen LogP) is 5.66. The van der Waals surface area contributed by atoms with Gasteiger partial charge in [-0.1, -0.05) is 71.6 Å². The van der Waals surface area contributed by atoms with E-state index in [0.29, 0.717) is 0 Å². The second-order valence-corrected chi connectivity index (χ2v) is 7.15. The number of carbonyl (C=O) groups excluding carboxylic acids is 1. The van der Waals surface area contributed by atoms with Crippen molar-refractivity contribution < 1.29 is 4.79 Å². The summed E-state index contributed by atoms with van der Waals surface area (Å²) in [6.45, 7) is 7.06. The summed E-state index contributed by atoms with van der Waals surface area (Å²) in [5, 5.41) is 2.98. The van der Waals surface area contributed by atoms with Crippen LogP contribution < -0.4 is 5.32 Å². The number of carbonyl (C=O) groups is 1. The molecule has 0 spiro atoms. The Morgan fingerprint density at radius 3 is 1.75 bits per heavy atom. The maximum absolute atomic E-state index is 12.1. The molecule has 0 aliphatic heterocycles. The van der Waals surface area contributed by atoms with Crippen LogP contribution in [0.25, 0.3) is 0 Å². The summed E-state index contributed by atoms with van der Waals surface area (Å²) in [6, 6.07) is 0. The molecule has 0 saturated carbocycles. The summed E-state index contributed by atoms with van der Waals surface area (Å²) in [7, 11) is 4.09. The highest BCUT2D eigenvalue weighted by atomic mass is 16.1. The number of rotatable bonds is 15. The number of nitrogens with zero attached hydrogens (tertiary/aromatic N) is 1. The summed E-state index contributed by atoms with van der Waals surface area (Å²) in [5.74, 6) is 0.0904. The van der Waals surface area contributed by atoms with Crippen LogP contribution in [0.1, 0.15) is 97.8 Å². The Morgan fingerprint density at radius 2 is 1.29 bits per heavy atom. The minimum Gasteiger partial charge on any atom is -0.381 e. The van der Waals surface area contributed by atoms with Crippen LogP contribution in [0.3, 0.4) is 0 Å². The number of hydrogen-bond donors (Lipinski definition) is 1. The number of nitrogens with one attached hydrogen (secondary N) is 1. The van der Waals surface area contributed by atoms with E-state index in [2.05, 4.69) is 24.1 Å². The third kappa shape index (κ3) is 11.5. The van der Waals surface area contributed by atoms with Crippen LogP contribution in [-0.4, -0.2) is 31.4 Å². The van der Waals surface area contributed by atoms with Gasteiger partial charge < -0.3 is 10.2 Å². The van der Waals surface area contributed by atoms with Gasteiger partial charge in [0, 0.05) is 31.9 Å². The average Bonchev–Trinajstić information content (AvgIpc) is 2.56. The predicted molar refractivity (Wildman–Crippen MR) is 106 cm³/mol. The largest absolute Gasteiger partial charge is 0.381 e. The van der Waals surface area contributed by atoms with E-state index < -0.39 is 0 Å². The zero-order valence-electron chi connectivity index (χ0n) is 17.0. The molecular weight excluding hydrogens is 296 g/mol. The van der Waals surface area contributed by atoms with Crippen molar-refractivity contribution in [1.29, 1.82) is 0 Å². The fourth-order valence-corrected chi connectivity index (χ4v) is 3.03. The number of unbranched alkanes of at least 4 members (excludes halogenated alkanes) is 9. The monoisotopic (exact) mass is 338 g/mol. The lowest BCUT2D eigenvalue weighted by Gasteiger charge is -2.20. The number of hydrogen-bond acceptors (Lipinski definition) is 2. The molecule has 0 rings (SSSR count). The summed E-state index contributed by atoms with van der Waals surface area (Å²) in [4.78, 5) is 14.2. The molecule has 0 saturated heterocycles. The average molecular weight is 339 g/mol. The first-order valence-corrected chi connectivity index (χ1v) is 10.2. The van der Waals surface area contributed by atoms with Gasteiger partial charge in [0.05, 0.1) is 0 Å². The van der Waals surface area contributed by atoms with Gasteiger partial charge in [-0.15, -0.1) is 0 Å². The normalized spacial score (nSPS) is 12.0. The van der Waals surface area contributed by atoms with Crippen molar-refractivity contribution >= 4 is 5.91 Å². The quantitative estimate of drug-likeness (QED) is 0.309. The molecule has 0 aromatic heterocycles. The molecule has 24 heavy (non-hydrogen) atoms. The zero-order chi connectivity index (χ0) is 18.2. The van der Waals surface area contributed by atoms with Gasteiger partial charge in [0.25, 0.3) is 0 Å². The second-order valence-electron chi connectivity index (χ2n) is 7.15. The first kappa shape index (κ1) is 23.0. The lowest BCUT2D eigenvalue weighted by Crippen LogP contribution is -2.27. The first-order chi connectivity index (χ1) is 11.5. The van der Waals surface area contributed by atoms with E-state index in [9.17, 15) is 4.79 Å². The Kier molecular flexibility index (Phi) is 14.9. The summed E-state index contributed by atoms with van der Waals surface area (Å²) < 4.78 is 0. The Hall–Kier alpha value is -0.990. The second kappa shape index (κ2) is 15.5. The molecule has 1 amide bonds. The summed E-state index contributed by atoms with van der Waals surface area (Å²) in [6.07, 6.45) is 15.5. The first-order valence-electron chi connectivity index (χ1n) is 10.2. The van der Waals surface area contributed by atoms with Gasteiger partial charge in [0.1, 0.15) is 0 Å². The molecule has 0 aromatic carbocycles. The van der Waals surface area contributed by atoms with Gasteiger partial charge >= 0.3 is 0 Å². The van der Waals surface area contributed by atoms with Crippen molar-refractivity contribution in [2.24, 2.45) is 0 Å². The molecule has 0 fully saturated rings. The molecule has 0 heterocycles. The molecule has 3 heteroatoms. The molecular formula is C21H42N2O. The van der Waals surface area contributed by atoms with Crippen molar-refractivity contribution in [2.45, 2.75) is 97.8 Å². The Labute approximate surface area is 151 Å². The van der Waals surface area contributed by atoms with Gasteiger partial charge in [-0.05, 0) is 26.2 Å². The van der Waals surface area contributed by atoms with E-state index in [4.69, 9.17) is 0 Å². The van der Waals surface area contributed by atoms with Gasteiger partial charge in [0.2, 0.25) is 5.91 Å². The number of amides is 1. The van der Waals surface area contributed by atoms with Crippen LogP contribution >= 0.6 is 0 Å². The molecule has 0 aromatic rings. The van der Waals surface area contributed by atoms with Gasteiger partial charge in [-0.25, -0.2) is 0 Å². The van der Waals surface area contributed by atoms with Crippen LogP contribution in [-0.2, 0) is 4.79 Å². The molecule has 0 aliphatic carbocycles. The molecule has 0 bridgehead atoms. The van der Waals surface area contributed by atoms with E-state index in [0.717, 1.165) is 25.0 Å². The van der Waals surface area contributed by atoms with Crippen molar-refractivity contribution in [2.75, 3.05) is 20.6 Å². The van der Waals surface area contributed by atoms with Crippen LogP contribution in [0, 0.1) is 0 Å².